The number of primary amides is 1. The summed E-state index contributed by atoms with van der Waals surface area (Å²) >= 11 is 0. The molecule has 9 nitrogen and oxygen atoms in total. The Kier molecular flexibility index (Phi) is 9.26. The number of likely N-dealkylation sites (N-methyl/N-ethyl adjacent to an activating group) is 2. The third-order valence-corrected chi connectivity index (χ3v) is 4.28. The summed E-state index contributed by atoms with van der Waals surface area (Å²) in [5.41, 5.74) is 4.72. The Morgan fingerprint density at radius 2 is 1.62 bits per heavy atom. The molecule has 0 aliphatic heterocycles. The van der Waals surface area contributed by atoms with Crippen LogP contribution in [0.2, 0.25) is 0 Å². The van der Waals surface area contributed by atoms with E-state index in [0.29, 0.717) is 6.42 Å². The lowest BCUT2D eigenvalue weighted by Crippen LogP contribution is -2.58. The van der Waals surface area contributed by atoms with Gasteiger partial charge in [0.2, 0.25) is 17.9 Å². The summed E-state index contributed by atoms with van der Waals surface area (Å²) in [6, 6.07) is -2.50. The van der Waals surface area contributed by atoms with Crippen molar-refractivity contribution in [1.29, 1.82) is 0 Å². The molecule has 2 atom stereocenters. The number of rotatable bonds is 10. The van der Waals surface area contributed by atoms with Crippen LogP contribution in [0, 0.1) is 0 Å². The molecule has 0 aromatic rings. The fraction of sp³-hybridized carbons (Fsp3) is 0.765. The van der Waals surface area contributed by atoms with Crippen LogP contribution in [0.15, 0.2) is 0 Å². The molecule has 2 N–H and O–H groups in total. The van der Waals surface area contributed by atoms with E-state index in [2.05, 4.69) is 4.74 Å². The Bertz CT molecular complexity index is 535. The van der Waals surface area contributed by atoms with Gasteiger partial charge >= 0.3 is 5.97 Å². The Hall–Kier alpha value is -2.16. The number of ether oxygens (including phenoxy) is 2. The summed E-state index contributed by atoms with van der Waals surface area (Å²) in [5.74, 6) is -2.75. The monoisotopic (exact) mass is 373 g/mol. The third kappa shape index (κ3) is 6.29. The predicted molar refractivity (Wildman–Crippen MR) is 94.9 cm³/mol. The summed E-state index contributed by atoms with van der Waals surface area (Å²) in [7, 11) is 5.32. The van der Waals surface area contributed by atoms with Crippen LogP contribution >= 0.6 is 0 Å². The predicted octanol–water partition coefficient (Wildman–Crippen LogP) is -0.0861. The maximum absolute atomic E-state index is 12.9. The van der Waals surface area contributed by atoms with Gasteiger partial charge in [0.15, 0.2) is 0 Å². The number of esters is 1. The van der Waals surface area contributed by atoms with Gasteiger partial charge in [-0.15, -0.1) is 0 Å². The lowest BCUT2D eigenvalue weighted by molar-refractivity contribution is -0.161. The number of carbonyl (C=O) groups is 4. The Morgan fingerprint density at radius 1 is 1.08 bits per heavy atom. The van der Waals surface area contributed by atoms with Gasteiger partial charge in [-0.25, -0.2) is 4.79 Å². The van der Waals surface area contributed by atoms with Crippen molar-refractivity contribution < 1.29 is 28.7 Å². The zero-order valence-corrected chi connectivity index (χ0v) is 16.7. The molecule has 0 heterocycles. The molecule has 26 heavy (non-hydrogen) atoms. The lowest BCUT2D eigenvalue weighted by atomic mass is 9.97. The summed E-state index contributed by atoms with van der Waals surface area (Å²) in [5, 5.41) is 0. The van der Waals surface area contributed by atoms with E-state index in [-0.39, 0.29) is 18.7 Å². The smallest absolute Gasteiger partial charge is 0.338 e. The van der Waals surface area contributed by atoms with Crippen LogP contribution in [-0.4, -0.2) is 79.5 Å². The molecule has 0 aliphatic rings. The quantitative estimate of drug-likeness (QED) is 0.422. The van der Waals surface area contributed by atoms with Gasteiger partial charge in [-0.2, -0.15) is 0 Å². The van der Waals surface area contributed by atoms with E-state index in [0.717, 1.165) is 16.9 Å². The first-order valence-electron chi connectivity index (χ1n) is 8.38. The van der Waals surface area contributed by atoms with Gasteiger partial charge < -0.3 is 25.0 Å². The molecule has 0 radical (unpaired) electrons. The highest BCUT2D eigenvalue weighted by molar-refractivity contribution is 6.05. The zero-order valence-electron chi connectivity index (χ0n) is 16.7. The fourth-order valence-corrected chi connectivity index (χ4v) is 2.39. The van der Waals surface area contributed by atoms with Crippen molar-refractivity contribution in [3.63, 3.8) is 0 Å². The first-order valence-corrected chi connectivity index (χ1v) is 8.38. The van der Waals surface area contributed by atoms with Crippen molar-refractivity contribution in [2.75, 3.05) is 28.3 Å². The Balaban J connectivity index is 5.68. The Labute approximate surface area is 154 Å². The molecule has 0 spiro atoms. The zero-order chi connectivity index (χ0) is 20.7. The van der Waals surface area contributed by atoms with Gasteiger partial charge in [-0.05, 0) is 20.3 Å². The molecule has 0 fully saturated rings. The minimum absolute atomic E-state index is 0.127. The van der Waals surface area contributed by atoms with E-state index in [4.69, 9.17) is 10.5 Å². The molecule has 1 unspecified atom stereocenters. The number of amides is 3. The number of nitrogens with two attached hydrogens (primary N) is 1. The maximum atomic E-state index is 12.9. The average Bonchev–Trinajstić information content (AvgIpc) is 2.58. The van der Waals surface area contributed by atoms with E-state index < -0.39 is 35.5 Å². The minimum atomic E-state index is -1.49. The molecule has 0 aromatic heterocycles. The van der Waals surface area contributed by atoms with Crippen molar-refractivity contribution in [2.24, 2.45) is 5.73 Å². The molecule has 150 valence electrons. The lowest BCUT2D eigenvalue weighted by Gasteiger charge is -2.35. The second kappa shape index (κ2) is 10.1. The molecule has 0 saturated carbocycles. The van der Waals surface area contributed by atoms with Gasteiger partial charge in [0, 0.05) is 34.0 Å². The van der Waals surface area contributed by atoms with Gasteiger partial charge in [0.05, 0.1) is 12.7 Å². The van der Waals surface area contributed by atoms with Crippen LogP contribution < -0.4 is 5.73 Å². The SMILES string of the molecule is CCCC(=O)N(C)C(C(=O)OC)C(=O)N(C)[C@@H](CC(C)(C)OC)C(N)=O. The molecular formula is C17H31N3O6. The number of hydrogen-bond acceptors (Lipinski definition) is 6. The fourth-order valence-electron chi connectivity index (χ4n) is 2.39. The highest BCUT2D eigenvalue weighted by atomic mass is 16.5. The van der Waals surface area contributed by atoms with Crippen molar-refractivity contribution in [2.45, 2.75) is 57.7 Å². The van der Waals surface area contributed by atoms with Crippen LogP contribution in [-0.2, 0) is 28.7 Å². The normalized spacial score (nSPS) is 13.5. The van der Waals surface area contributed by atoms with Crippen LogP contribution in [0.5, 0.6) is 0 Å². The number of carbonyl (C=O) groups excluding carboxylic acids is 4. The van der Waals surface area contributed by atoms with E-state index in [1.807, 2.05) is 6.92 Å². The van der Waals surface area contributed by atoms with Crippen LogP contribution in [0.1, 0.15) is 40.0 Å². The van der Waals surface area contributed by atoms with Gasteiger partial charge in [-0.3, -0.25) is 14.4 Å². The van der Waals surface area contributed by atoms with Gasteiger partial charge in [0.1, 0.15) is 6.04 Å². The molecule has 0 bridgehead atoms. The van der Waals surface area contributed by atoms with E-state index in [1.165, 1.54) is 21.2 Å². The molecule has 0 aliphatic carbocycles. The highest BCUT2D eigenvalue weighted by Crippen LogP contribution is 2.20. The first-order chi connectivity index (χ1) is 11.9. The van der Waals surface area contributed by atoms with E-state index in [1.54, 1.807) is 13.8 Å². The first kappa shape index (κ1) is 23.8. The van der Waals surface area contributed by atoms with E-state index in [9.17, 15) is 19.2 Å². The second-order valence-electron chi connectivity index (χ2n) is 6.72. The highest BCUT2D eigenvalue weighted by Gasteiger charge is 2.40. The summed E-state index contributed by atoms with van der Waals surface area (Å²) in [6.07, 6.45) is 0.867. The Morgan fingerprint density at radius 3 is 2.00 bits per heavy atom. The molecule has 0 rings (SSSR count). The van der Waals surface area contributed by atoms with Crippen LogP contribution in [0.3, 0.4) is 0 Å². The molecular weight excluding hydrogens is 342 g/mol. The summed E-state index contributed by atoms with van der Waals surface area (Å²) in [4.78, 5) is 51.2. The maximum Gasteiger partial charge on any atom is 0.338 e. The average molecular weight is 373 g/mol. The summed E-state index contributed by atoms with van der Waals surface area (Å²) < 4.78 is 9.97. The van der Waals surface area contributed by atoms with Gasteiger partial charge in [-0.1, -0.05) is 6.92 Å². The number of hydrogen-bond donors (Lipinski definition) is 1. The van der Waals surface area contributed by atoms with Crippen molar-refractivity contribution in [1.82, 2.24) is 9.80 Å². The topological polar surface area (TPSA) is 119 Å². The molecule has 0 saturated heterocycles. The van der Waals surface area contributed by atoms with Crippen molar-refractivity contribution in [3.8, 4) is 0 Å². The van der Waals surface area contributed by atoms with Crippen LogP contribution in [0.4, 0.5) is 0 Å². The molecule has 3 amide bonds. The minimum Gasteiger partial charge on any atom is -0.467 e. The molecule has 9 heteroatoms. The van der Waals surface area contributed by atoms with E-state index >= 15 is 0 Å². The largest absolute Gasteiger partial charge is 0.467 e. The molecule has 0 aromatic carbocycles. The second-order valence-corrected chi connectivity index (χ2v) is 6.72. The van der Waals surface area contributed by atoms with Crippen molar-refractivity contribution >= 4 is 23.7 Å². The summed E-state index contributed by atoms with van der Waals surface area (Å²) in [6.45, 7) is 5.30. The van der Waals surface area contributed by atoms with Crippen LogP contribution in [0.25, 0.3) is 0 Å². The number of methoxy groups -OCH3 is 2. The number of nitrogens with zero attached hydrogens (tertiary/aromatic N) is 2. The standard InChI is InChI=1S/C17H31N3O6/c1-8-9-12(21)20(5)13(16(24)25-6)15(23)19(4)11(14(18)22)10-17(2,3)26-7/h11,13H,8-10H2,1-7H3,(H2,18,22)/t11-,13?/m0/s1. The van der Waals surface area contributed by atoms with Gasteiger partial charge in [0.25, 0.3) is 5.91 Å². The third-order valence-electron chi connectivity index (χ3n) is 4.28. The van der Waals surface area contributed by atoms with Crippen molar-refractivity contribution in [3.05, 3.63) is 0 Å².